The molecule has 1 heterocycles. The highest BCUT2D eigenvalue weighted by Gasteiger charge is 2.52. The van der Waals surface area contributed by atoms with Crippen LogP contribution in [0.25, 0.3) is 0 Å². The summed E-state index contributed by atoms with van der Waals surface area (Å²) in [6.45, 7) is 3.54. The number of nitrogens with one attached hydrogen (secondary N) is 1. The van der Waals surface area contributed by atoms with E-state index in [2.05, 4.69) is 5.32 Å². The van der Waals surface area contributed by atoms with Crippen LogP contribution in [0, 0.1) is 5.92 Å². The molecular formula is C15H19N3O3. The van der Waals surface area contributed by atoms with Gasteiger partial charge >= 0.3 is 6.03 Å². The lowest BCUT2D eigenvalue weighted by Crippen LogP contribution is -2.45. The minimum atomic E-state index is -1.12. The molecule has 1 fully saturated rings. The SMILES string of the molecule is CC(C)C[C@]1(c2ccccc2)NC(=O)N(CC(N)=O)C1=O. The van der Waals surface area contributed by atoms with Crippen LogP contribution in [0.1, 0.15) is 25.8 Å². The molecule has 1 atom stereocenters. The molecule has 1 aliphatic heterocycles. The number of primary amides is 1. The highest BCUT2D eigenvalue weighted by molar-refractivity contribution is 6.09. The Bertz CT molecular complexity index is 571. The van der Waals surface area contributed by atoms with Gasteiger partial charge in [-0.2, -0.15) is 0 Å². The standard InChI is InChI=1S/C15H19N3O3/c1-10(2)8-15(11-6-4-3-5-7-11)13(20)18(9-12(16)19)14(21)17-15/h3-7,10H,8-9H2,1-2H3,(H2,16,19)(H,17,21)/t15-/m1/s1. The zero-order valence-corrected chi connectivity index (χ0v) is 12.1. The molecule has 0 unspecified atom stereocenters. The molecule has 21 heavy (non-hydrogen) atoms. The zero-order valence-electron chi connectivity index (χ0n) is 12.1. The first-order valence-electron chi connectivity index (χ1n) is 6.85. The van der Waals surface area contributed by atoms with E-state index < -0.39 is 29.9 Å². The fraction of sp³-hybridized carbons (Fsp3) is 0.400. The van der Waals surface area contributed by atoms with Gasteiger partial charge in [-0.05, 0) is 17.9 Å². The number of urea groups is 1. The Kier molecular flexibility index (Phi) is 3.97. The number of hydrogen-bond donors (Lipinski definition) is 2. The summed E-state index contributed by atoms with van der Waals surface area (Å²) in [7, 11) is 0. The molecular weight excluding hydrogens is 270 g/mol. The molecule has 0 bridgehead atoms. The van der Waals surface area contributed by atoms with Crippen LogP contribution in [-0.4, -0.2) is 29.3 Å². The summed E-state index contributed by atoms with van der Waals surface area (Å²) in [6, 6.07) is 8.49. The van der Waals surface area contributed by atoms with Crippen LogP contribution in [0.3, 0.4) is 0 Å². The molecule has 3 N–H and O–H groups in total. The van der Waals surface area contributed by atoms with Gasteiger partial charge in [-0.25, -0.2) is 4.79 Å². The molecule has 1 saturated heterocycles. The number of rotatable bonds is 5. The van der Waals surface area contributed by atoms with E-state index in [9.17, 15) is 14.4 Å². The normalized spacial score (nSPS) is 21.8. The summed E-state index contributed by atoms with van der Waals surface area (Å²) in [5.74, 6) is -0.957. The minimum Gasteiger partial charge on any atom is -0.368 e. The van der Waals surface area contributed by atoms with E-state index in [0.29, 0.717) is 12.0 Å². The maximum Gasteiger partial charge on any atom is 0.325 e. The second kappa shape index (κ2) is 5.55. The number of nitrogens with two attached hydrogens (primary N) is 1. The fourth-order valence-corrected chi connectivity index (χ4v) is 2.71. The van der Waals surface area contributed by atoms with Crippen molar-refractivity contribution in [1.29, 1.82) is 0 Å². The first kappa shape index (κ1) is 15.0. The van der Waals surface area contributed by atoms with E-state index in [4.69, 9.17) is 5.73 Å². The van der Waals surface area contributed by atoms with E-state index in [-0.39, 0.29) is 5.92 Å². The summed E-state index contributed by atoms with van der Waals surface area (Å²) in [6.07, 6.45) is 0.455. The van der Waals surface area contributed by atoms with Gasteiger partial charge in [0.15, 0.2) is 0 Å². The maximum atomic E-state index is 12.7. The van der Waals surface area contributed by atoms with Crippen LogP contribution >= 0.6 is 0 Å². The Morgan fingerprint density at radius 3 is 2.43 bits per heavy atom. The summed E-state index contributed by atoms with van der Waals surface area (Å²) in [5, 5.41) is 2.75. The summed E-state index contributed by atoms with van der Waals surface area (Å²) in [4.78, 5) is 36.8. The Balaban J connectivity index is 2.45. The third-order valence-electron chi connectivity index (χ3n) is 3.47. The van der Waals surface area contributed by atoms with Crippen molar-refractivity contribution in [3.63, 3.8) is 0 Å². The maximum absolute atomic E-state index is 12.7. The van der Waals surface area contributed by atoms with Crippen molar-refractivity contribution in [3.05, 3.63) is 35.9 Å². The molecule has 0 saturated carbocycles. The van der Waals surface area contributed by atoms with Gasteiger partial charge < -0.3 is 11.1 Å². The largest absolute Gasteiger partial charge is 0.368 e. The molecule has 1 aliphatic rings. The molecule has 0 aromatic heterocycles. The van der Waals surface area contributed by atoms with E-state index >= 15 is 0 Å². The lowest BCUT2D eigenvalue weighted by molar-refractivity contribution is -0.135. The predicted molar refractivity (Wildman–Crippen MR) is 77.0 cm³/mol. The van der Waals surface area contributed by atoms with Gasteiger partial charge in [0, 0.05) is 0 Å². The van der Waals surface area contributed by atoms with Crippen LogP contribution < -0.4 is 11.1 Å². The molecule has 2 rings (SSSR count). The van der Waals surface area contributed by atoms with Crippen molar-refractivity contribution in [1.82, 2.24) is 10.2 Å². The second-order valence-electron chi connectivity index (χ2n) is 5.66. The number of amides is 4. The van der Waals surface area contributed by atoms with E-state index in [0.717, 1.165) is 4.90 Å². The van der Waals surface area contributed by atoms with Crippen LogP contribution in [-0.2, 0) is 15.1 Å². The van der Waals surface area contributed by atoms with Gasteiger partial charge in [0.2, 0.25) is 5.91 Å². The number of carbonyl (C=O) groups is 3. The quantitative estimate of drug-likeness (QED) is 0.791. The third kappa shape index (κ3) is 2.74. The van der Waals surface area contributed by atoms with Crippen molar-refractivity contribution < 1.29 is 14.4 Å². The minimum absolute atomic E-state index is 0.183. The Labute approximate surface area is 123 Å². The van der Waals surface area contributed by atoms with Crippen molar-refractivity contribution in [3.8, 4) is 0 Å². The Morgan fingerprint density at radius 1 is 1.29 bits per heavy atom. The van der Waals surface area contributed by atoms with Gasteiger partial charge in [0.25, 0.3) is 5.91 Å². The number of nitrogens with zero attached hydrogens (tertiary/aromatic N) is 1. The molecule has 0 spiro atoms. The van der Waals surface area contributed by atoms with Gasteiger partial charge in [0.05, 0.1) is 0 Å². The van der Waals surface area contributed by atoms with Crippen LogP contribution in [0.5, 0.6) is 0 Å². The third-order valence-corrected chi connectivity index (χ3v) is 3.47. The first-order chi connectivity index (χ1) is 9.86. The van der Waals surface area contributed by atoms with Gasteiger partial charge in [-0.1, -0.05) is 44.2 Å². The van der Waals surface area contributed by atoms with E-state index in [1.54, 1.807) is 12.1 Å². The Morgan fingerprint density at radius 2 is 1.90 bits per heavy atom. The van der Waals surface area contributed by atoms with Gasteiger partial charge in [0.1, 0.15) is 12.1 Å². The van der Waals surface area contributed by atoms with Crippen LogP contribution in [0.2, 0.25) is 0 Å². The van der Waals surface area contributed by atoms with Gasteiger partial charge in [-0.3, -0.25) is 14.5 Å². The highest BCUT2D eigenvalue weighted by Crippen LogP contribution is 2.34. The predicted octanol–water partition coefficient (Wildman–Crippen LogP) is 0.965. The molecule has 1 aromatic rings. The van der Waals surface area contributed by atoms with Gasteiger partial charge in [-0.15, -0.1) is 0 Å². The van der Waals surface area contributed by atoms with Crippen LogP contribution in [0.15, 0.2) is 30.3 Å². The van der Waals surface area contributed by atoms with Crippen molar-refractivity contribution in [2.24, 2.45) is 11.7 Å². The Hall–Kier alpha value is -2.37. The topological polar surface area (TPSA) is 92.5 Å². The lowest BCUT2D eigenvalue weighted by Gasteiger charge is -2.29. The summed E-state index contributed by atoms with van der Waals surface area (Å²) >= 11 is 0. The lowest BCUT2D eigenvalue weighted by atomic mass is 9.82. The summed E-state index contributed by atoms with van der Waals surface area (Å²) < 4.78 is 0. The molecule has 112 valence electrons. The number of hydrogen-bond acceptors (Lipinski definition) is 3. The average Bonchev–Trinajstić information content (AvgIpc) is 2.64. The average molecular weight is 289 g/mol. The number of imide groups is 1. The first-order valence-corrected chi connectivity index (χ1v) is 6.85. The number of benzene rings is 1. The smallest absolute Gasteiger partial charge is 0.325 e. The summed E-state index contributed by atoms with van der Waals surface area (Å²) in [5.41, 5.74) is 4.70. The monoisotopic (exact) mass is 289 g/mol. The van der Waals surface area contributed by atoms with Crippen molar-refractivity contribution in [2.75, 3.05) is 6.54 Å². The second-order valence-corrected chi connectivity index (χ2v) is 5.66. The molecule has 6 heteroatoms. The molecule has 6 nitrogen and oxygen atoms in total. The van der Waals surface area contributed by atoms with Crippen LogP contribution in [0.4, 0.5) is 4.79 Å². The molecule has 0 radical (unpaired) electrons. The molecule has 4 amide bonds. The fourth-order valence-electron chi connectivity index (χ4n) is 2.71. The van der Waals surface area contributed by atoms with Crippen molar-refractivity contribution >= 4 is 17.8 Å². The van der Waals surface area contributed by atoms with E-state index in [1.807, 2.05) is 32.0 Å². The van der Waals surface area contributed by atoms with E-state index in [1.165, 1.54) is 0 Å². The van der Waals surface area contributed by atoms with Crippen molar-refractivity contribution in [2.45, 2.75) is 25.8 Å². The zero-order chi connectivity index (χ0) is 15.6. The molecule has 0 aliphatic carbocycles. The number of carbonyl (C=O) groups excluding carboxylic acids is 3. The molecule has 1 aromatic carbocycles. The highest BCUT2D eigenvalue weighted by atomic mass is 16.2.